The fourth-order valence-corrected chi connectivity index (χ4v) is 1.96. The summed E-state index contributed by atoms with van der Waals surface area (Å²) in [4.78, 5) is 4.18. The minimum Gasteiger partial charge on any atom is -0.339 e. The predicted octanol–water partition coefficient (Wildman–Crippen LogP) is 4.65. The van der Waals surface area contributed by atoms with Gasteiger partial charge >= 0.3 is 6.18 Å². The highest BCUT2D eigenvalue weighted by atomic mass is 19.4. The number of benzene rings is 1. The topological polar surface area (TPSA) is 38.9 Å². The third-order valence-electron chi connectivity index (χ3n) is 3.49. The molecule has 0 saturated carbocycles. The van der Waals surface area contributed by atoms with Gasteiger partial charge in [-0.15, -0.1) is 0 Å². The molecule has 114 valence electrons. The molecular weight excluding hydrogens is 281 g/mol. The first kappa shape index (κ1) is 15.5. The second kappa shape index (κ2) is 5.87. The van der Waals surface area contributed by atoms with Crippen molar-refractivity contribution in [3.63, 3.8) is 0 Å². The molecule has 0 N–H and O–H groups in total. The Kier molecular flexibility index (Phi) is 4.34. The van der Waals surface area contributed by atoms with Gasteiger partial charge in [-0.25, -0.2) is 0 Å². The van der Waals surface area contributed by atoms with Gasteiger partial charge in [0, 0.05) is 12.0 Å². The Morgan fingerprint density at radius 1 is 1.29 bits per heavy atom. The van der Waals surface area contributed by atoms with Crippen molar-refractivity contribution in [3.8, 4) is 11.4 Å². The Labute approximate surface area is 121 Å². The normalized spacial score (nSPS) is 13.4. The zero-order valence-corrected chi connectivity index (χ0v) is 12.2. The third-order valence-corrected chi connectivity index (χ3v) is 3.49. The zero-order chi connectivity index (χ0) is 15.6. The second-order valence-electron chi connectivity index (χ2n) is 5.26. The maximum atomic E-state index is 12.9. The Bertz CT molecular complexity index is 620. The van der Waals surface area contributed by atoms with Crippen LogP contribution < -0.4 is 0 Å². The lowest BCUT2D eigenvalue weighted by atomic mass is 10.0. The van der Waals surface area contributed by atoms with Crippen LogP contribution in [0.1, 0.15) is 37.3 Å². The zero-order valence-electron chi connectivity index (χ0n) is 12.2. The molecule has 3 nitrogen and oxygen atoms in total. The van der Waals surface area contributed by atoms with E-state index >= 15 is 0 Å². The number of alkyl halides is 3. The third kappa shape index (κ3) is 3.62. The lowest BCUT2D eigenvalue weighted by Gasteiger charge is -2.10. The molecular formula is C15H17F3N2O. The molecule has 1 aromatic heterocycles. The molecule has 2 rings (SSSR count). The van der Waals surface area contributed by atoms with Gasteiger partial charge in [-0.05, 0) is 24.5 Å². The molecule has 0 aliphatic carbocycles. The molecule has 21 heavy (non-hydrogen) atoms. The Morgan fingerprint density at radius 3 is 2.62 bits per heavy atom. The molecule has 0 radical (unpaired) electrons. The van der Waals surface area contributed by atoms with Crippen molar-refractivity contribution in [1.82, 2.24) is 10.1 Å². The molecule has 0 saturated heterocycles. The van der Waals surface area contributed by atoms with Crippen molar-refractivity contribution < 1.29 is 17.7 Å². The molecule has 0 bridgehead atoms. The van der Waals surface area contributed by atoms with Crippen LogP contribution in [-0.2, 0) is 12.6 Å². The summed E-state index contributed by atoms with van der Waals surface area (Å²) in [6, 6.07) is 4.05. The number of aromatic nitrogens is 2. The molecule has 2 aromatic rings. The van der Waals surface area contributed by atoms with E-state index in [0.29, 0.717) is 23.8 Å². The molecule has 1 atom stereocenters. The second-order valence-corrected chi connectivity index (χ2v) is 5.26. The number of nitrogens with zero attached hydrogens (tertiary/aromatic N) is 2. The average Bonchev–Trinajstić information content (AvgIpc) is 2.86. The summed E-state index contributed by atoms with van der Waals surface area (Å²) in [7, 11) is 0. The summed E-state index contributed by atoms with van der Waals surface area (Å²) in [5.41, 5.74) is -0.185. The maximum absolute atomic E-state index is 12.9. The van der Waals surface area contributed by atoms with Crippen LogP contribution in [0.2, 0.25) is 0 Å². The van der Waals surface area contributed by atoms with Gasteiger partial charge in [0.1, 0.15) is 0 Å². The summed E-state index contributed by atoms with van der Waals surface area (Å²) in [6.07, 6.45) is -2.79. The molecule has 0 fully saturated rings. The highest BCUT2D eigenvalue weighted by molar-refractivity contribution is 5.57. The standard InChI is InChI=1S/C15H17F3N2O/c1-4-9(2)7-13-19-14(20-21-13)11-6-5-10(3)12(8-11)15(16,17)18/h5-6,8-9H,4,7H2,1-3H3/t9-/m0/s1. The number of hydrogen-bond donors (Lipinski definition) is 0. The molecule has 0 spiro atoms. The van der Waals surface area contributed by atoms with Gasteiger partial charge in [-0.1, -0.05) is 37.6 Å². The van der Waals surface area contributed by atoms with Crippen molar-refractivity contribution in [1.29, 1.82) is 0 Å². The molecule has 1 aromatic carbocycles. The molecule has 6 heteroatoms. The van der Waals surface area contributed by atoms with Crippen molar-refractivity contribution >= 4 is 0 Å². The van der Waals surface area contributed by atoms with Gasteiger partial charge in [-0.3, -0.25) is 0 Å². The van der Waals surface area contributed by atoms with E-state index in [4.69, 9.17) is 4.52 Å². The number of halogens is 3. The molecule has 0 amide bonds. The largest absolute Gasteiger partial charge is 0.416 e. The molecule has 0 aliphatic heterocycles. The van der Waals surface area contributed by atoms with Crippen LogP contribution in [0.4, 0.5) is 13.2 Å². The number of aryl methyl sites for hydroxylation is 1. The van der Waals surface area contributed by atoms with Crippen LogP contribution in [0.3, 0.4) is 0 Å². The minimum atomic E-state index is -4.39. The summed E-state index contributed by atoms with van der Waals surface area (Å²) < 4.78 is 43.8. The van der Waals surface area contributed by atoms with E-state index in [1.54, 1.807) is 6.07 Å². The van der Waals surface area contributed by atoms with E-state index in [1.807, 2.05) is 0 Å². The monoisotopic (exact) mass is 298 g/mol. The quantitative estimate of drug-likeness (QED) is 0.824. The van der Waals surface area contributed by atoms with Crippen molar-refractivity contribution in [2.24, 2.45) is 5.92 Å². The van der Waals surface area contributed by atoms with E-state index < -0.39 is 11.7 Å². The fraction of sp³-hybridized carbons (Fsp3) is 0.467. The highest BCUT2D eigenvalue weighted by Gasteiger charge is 2.32. The SMILES string of the molecule is CC[C@H](C)Cc1nc(-c2ccc(C)c(C(F)(F)F)c2)no1. The predicted molar refractivity (Wildman–Crippen MR) is 72.6 cm³/mol. The van der Waals surface area contributed by atoms with Gasteiger partial charge < -0.3 is 4.52 Å². The Morgan fingerprint density at radius 2 is 2.00 bits per heavy atom. The van der Waals surface area contributed by atoms with Gasteiger partial charge in [0.2, 0.25) is 11.7 Å². The molecule has 0 aliphatic rings. The van der Waals surface area contributed by atoms with E-state index in [2.05, 4.69) is 24.0 Å². The van der Waals surface area contributed by atoms with Crippen LogP contribution in [0.5, 0.6) is 0 Å². The summed E-state index contributed by atoms with van der Waals surface area (Å²) >= 11 is 0. The van der Waals surface area contributed by atoms with Crippen LogP contribution in [-0.4, -0.2) is 10.1 Å². The van der Waals surface area contributed by atoms with E-state index in [0.717, 1.165) is 12.5 Å². The average molecular weight is 298 g/mol. The van der Waals surface area contributed by atoms with E-state index in [-0.39, 0.29) is 11.4 Å². The minimum absolute atomic E-state index is 0.176. The van der Waals surface area contributed by atoms with E-state index in [9.17, 15) is 13.2 Å². The van der Waals surface area contributed by atoms with Crippen molar-refractivity contribution in [2.75, 3.05) is 0 Å². The first-order valence-corrected chi connectivity index (χ1v) is 6.82. The Hall–Kier alpha value is -1.85. The molecule has 1 heterocycles. The first-order chi connectivity index (χ1) is 9.81. The summed E-state index contributed by atoms with van der Waals surface area (Å²) in [5.74, 6) is 1.04. The van der Waals surface area contributed by atoms with Crippen molar-refractivity contribution in [3.05, 3.63) is 35.2 Å². The van der Waals surface area contributed by atoms with Gasteiger partial charge in [0.15, 0.2) is 0 Å². The molecule has 0 unspecified atom stereocenters. The van der Waals surface area contributed by atoms with Crippen LogP contribution in [0.15, 0.2) is 22.7 Å². The van der Waals surface area contributed by atoms with Gasteiger partial charge in [0.05, 0.1) is 5.56 Å². The number of hydrogen-bond acceptors (Lipinski definition) is 3. The van der Waals surface area contributed by atoms with Crippen LogP contribution >= 0.6 is 0 Å². The van der Waals surface area contributed by atoms with E-state index in [1.165, 1.54) is 13.0 Å². The lowest BCUT2D eigenvalue weighted by Crippen LogP contribution is -2.07. The van der Waals surface area contributed by atoms with Gasteiger partial charge in [0.25, 0.3) is 0 Å². The smallest absolute Gasteiger partial charge is 0.339 e. The summed E-state index contributed by atoms with van der Waals surface area (Å²) in [6.45, 7) is 5.53. The van der Waals surface area contributed by atoms with Crippen molar-refractivity contribution in [2.45, 2.75) is 39.8 Å². The first-order valence-electron chi connectivity index (χ1n) is 6.82. The maximum Gasteiger partial charge on any atom is 0.416 e. The highest BCUT2D eigenvalue weighted by Crippen LogP contribution is 2.34. The number of rotatable bonds is 4. The van der Waals surface area contributed by atoms with Gasteiger partial charge in [-0.2, -0.15) is 18.2 Å². The lowest BCUT2D eigenvalue weighted by molar-refractivity contribution is -0.138. The fourth-order valence-electron chi connectivity index (χ4n) is 1.96. The summed E-state index contributed by atoms with van der Waals surface area (Å²) in [5, 5.41) is 3.77. The van der Waals surface area contributed by atoms with Crippen LogP contribution in [0, 0.1) is 12.8 Å². The van der Waals surface area contributed by atoms with Crippen LogP contribution in [0.25, 0.3) is 11.4 Å². The Balaban J connectivity index is 2.31.